The van der Waals surface area contributed by atoms with Crippen LogP contribution in [0.4, 0.5) is 5.82 Å². The van der Waals surface area contributed by atoms with E-state index in [1.165, 1.54) is 16.2 Å². The van der Waals surface area contributed by atoms with Crippen LogP contribution in [0.2, 0.25) is 0 Å². The van der Waals surface area contributed by atoms with Gasteiger partial charge in [-0.1, -0.05) is 12.1 Å². The second-order valence-corrected chi connectivity index (χ2v) is 7.57. The number of ether oxygens (including phenoxy) is 1. The highest BCUT2D eigenvalue weighted by atomic mass is 16.5. The topological polar surface area (TPSA) is 134 Å². The van der Waals surface area contributed by atoms with E-state index in [-0.39, 0.29) is 0 Å². The van der Waals surface area contributed by atoms with Crippen molar-refractivity contribution in [2.75, 3.05) is 11.9 Å². The van der Waals surface area contributed by atoms with Crippen LogP contribution in [-0.4, -0.2) is 42.8 Å². The van der Waals surface area contributed by atoms with Crippen molar-refractivity contribution in [1.82, 2.24) is 24.3 Å². The fraction of sp³-hybridized carbons (Fsp3) is 0.273. The number of anilines is 1. The molecule has 1 amide bonds. The minimum absolute atomic E-state index is 0.313. The van der Waals surface area contributed by atoms with Gasteiger partial charge >= 0.3 is 11.7 Å². The lowest BCUT2D eigenvalue weighted by Crippen LogP contribution is -2.29. The summed E-state index contributed by atoms with van der Waals surface area (Å²) in [5.74, 6) is -1.36. The normalized spacial score (nSPS) is 12.0. The maximum atomic E-state index is 12.5. The number of carbonyl (C=O) groups excluding carboxylic acids is 2. The quantitative estimate of drug-likeness (QED) is 0.442. The molecule has 1 aromatic carbocycles. The molecular formula is C22H22N6O5. The maximum Gasteiger partial charge on any atom is 0.420 e. The Bertz CT molecular complexity index is 1400. The Balaban J connectivity index is 1.45. The second-order valence-electron chi connectivity index (χ2n) is 7.57. The van der Waals surface area contributed by atoms with Crippen molar-refractivity contribution in [2.24, 2.45) is 0 Å². The zero-order chi connectivity index (χ0) is 23.7. The molecule has 4 aromatic rings. The number of esters is 1. The van der Waals surface area contributed by atoms with Gasteiger partial charge in [-0.05, 0) is 45.9 Å². The molecule has 0 fully saturated rings. The highest BCUT2D eigenvalue weighted by Gasteiger charge is 2.23. The van der Waals surface area contributed by atoms with Crippen molar-refractivity contribution in [2.45, 2.75) is 33.7 Å². The zero-order valence-corrected chi connectivity index (χ0v) is 18.5. The molecule has 11 nitrogen and oxygen atoms in total. The molecule has 1 N–H and O–H groups in total. The summed E-state index contributed by atoms with van der Waals surface area (Å²) < 4.78 is 12.9. The lowest BCUT2D eigenvalue weighted by molar-refractivity contribution is -0.150. The number of rotatable bonds is 6. The Morgan fingerprint density at radius 2 is 1.79 bits per heavy atom. The van der Waals surface area contributed by atoms with Crippen molar-refractivity contribution >= 4 is 28.8 Å². The third-order valence-corrected chi connectivity index (χ3v) is 4.85. The van der Waals surface area contributed by atoms with Crippen LogP contribution in [0.15, 0.2) is 45.6 Å². The van der Waals surface area contributed by atoms with E-state index in [9.17, 15) is 14.4 Å². The summed E-state index contributed by atoms with van der Waals surface area (Å²) in [7, 11) is 0. The summed E-state index contributed by atoms with van der Waals surface area (Å²) in [4.78, 5) is 45.9. The summed E-state index contributed by atoms with van der Waals surface area (Å²) in [6, 6.07) is 9.24. The van der Waals surface area contributed by atoms with Crippen LogP contribution < -0.4 is 11.1 Å². The number of para-hydroxylation sites is 2. The van der Waals surface area contributed by atoms with E-state index < -0.39 is 30.3 Å². The third kappa shape index (κ3) is 4.52. The molecule has 3 heterocycles. The average Bonchev–Trinajstić information content (AvgIpc) is 3.29. The van der Waals surface area contributed by atoms with Gasteiger partial charge in [0, 0.05) is 17.5 Å². The van der Waals surface area contributed by atoms with Gasteiger partial charge in [0.25, 0.3) is 11.9 Å². The van der Waals surface area contributed by atoms with Gasteiger partial charge in [-0.2, -0.15) is 9.78 Å². The minimum atomic E-state index is -0.981. The first-order valence-electron chi connectivity index (χ1n) is 10.2. The van der Waals surface area contributed by atoms with Gasteiger partial charge < -0.3 is 14.5 Å². The molecule has 11 heteroatoms. The van der Waals surface area contributed by atoms with Crippen LogP contribution in [-0.2, 0) is 14.3 Å². The summed E-state index contributed by atoms with van der Waals surface area (Å²) in [6.45, 7) is 6.39. The molecule has 0 saturated heterocycles. The zero-order valence-electron chi connectivity index (χ0n) is 18.5. The monoisotopic (exact) mass is 450 g/mol. The van der Waals surface area contributed by atoms with Crippen LogP contribution in [0.25, 0.3) is 17.0 Å². The molecule has 170 valence electrons. The van der Waals surface area contributed by atoms with E-state index in [1.54, 1.807) is 37.3 Å². The number of amides is 1. The summed E-state index contributed by atoms with van der Waals surface area (Å²) in [5.41, 5.74) is 2.98. The Labute approximate surface area is 188 Å². The number of carbonyl (C=O) groups is 2. The molecule has 3 aromatic heterocycles. The Kier molecular flexibility index (Phi) is 5.78. The number of fused-ring (bicyclic) bond motifs is 1. The summed E-state index contributed by atoms with van der Waals surface area (Å²) >= 11 is 0. The molecule has 1 unspecified atom stereocenters. The number of benzene rings is 1. The van der Waals surface area contributed by atoms with Crippen molar-refractivity contribution in [3.8, 4) is 5.95 Å². The van der Waals surface area contributed by atoms with Crippen LogP contribution in [0.3, 0.4) is 0 Å². The lowest BCUT2D eigenvalue weighted by atomic mass is 10.3. The van der Waals surface area contributed by atoms with E-state index in [2.05, 4.69) is 20.4 Å². The van der Waals surface area contributed by atoms with Crippen LogP contribution in [0, 0.1) is 20.8 Å². The molecule has 0 bridgehead atoms. The second kappa shape index (κ2) is 8.69. The molecule has 0 saturated carbocycles. The molecule has 33 heavy (non-hydrogen) atoms. The highest BCUT2D eigenvalue weighted by molar-refractivity contribution is 5.92. The van der Waals surface area contributed by atoms with Crippen molar-refractivity contribution in [3.63, 3.8) is 0 Å². The van der Waals surface area contributed by atoms with Gasteiger partial charge in [0.2, 0.25) is 0 Å². The molecule has 0 aliphatic carbocycles. The first-order chi connectivity index (χ1) is 15.7. The van der Waals surface area contributed by atoms with Crippen molar-refractivity contribution in [1.29, 1.82) is 0 Å². The van der Waals surface area contributed by atoms with Crippen LogP contribution in [0.1, 0.15) is 30.0 Å². The summed E-state index contributed by atoms with van der Waals surface area (Å²) in [5, 5.41) is 6.99. The number of nitrogens with one attached hydrogen (secondary N) is 1. The SMILES string of the molecule is Cc1cc(C)nc(-n2nc(C)cc2NC(=O)COC(=O)C(C)n2c(=O)oc3ccccc32)n1. The number of aryl methyl sites for hydroxylation is 3. The number of hydrogen-bond acceptors (Lipinski definition) is 8. The first-order valence-corrected chi connectivity index (χ1v) is 10.2. The largest absolute Gasteiger partial charge is 0.454 e. The van der Waals surface area contributed by atoms with Gasteiger partial charge in [-0.15, -0.1) is 0 Å². The first kappa shape index (κ1) is 21.9. The molecule has 0 spiro atoms. The van der Waals surface area contributed by atoms with Gasteiger partial charge in [-0.25, -0.2) is 19.6 Å². The van der Waals surface area contributed by atoms with E-state index >= 15 is 0 Å². The van der Waals surface area contributed by atoms with Crippen molar-refractivity contribution in [3.05, 3.63) is 64.0 Å². The maximum absolute atomic E-state index is 12.5. The molecular weight excluding hydrogens is 428 g/mol. The van der Waals surface area contributed by atoms with Crippen LogP contribution in [0.5, 0.6) is 0 Å². The third-order valence-electron chi connectivity index (χ3n) is 4.85. The molecule has 0 aliphatic heterocycles. The van der Waals surface area contributed by atoms with Crippen molar-refractivity contribution < 1.29 is 18.7 Å². The molecule has 1 atom stereocenters. The number of nitrogens with zero attached hydrogens (tertiary/aromatic N) is 5. The predicted octanol–water partition coefficient (Wildman–Crippen LogP) is 2.24. The fourth-order valence-electron chi connectivity index (χ4n) is 3.44. The van der Waals surface area contributed by atoms with Gasteiger partial charge in [0.05, 0.1) is 11.2 Å². The van der Waals surface area contributed by atoms with E-state index in [1.807, 2.05) is 19.9 Å². The standard InChI is InChI=1S/C22H22N6O5/c1-12-9-13(2)24-21(23-12)28-18(10-14(3)26-28)25-19(29)11-32-20(30)15(4)27-16-7-5-6-8-17(16)33-22(27)31/h5-10,15H,11H2,1-4H3,(H,25,29). The number of oxazole rings is 1. The smallest absolute Gasteiger partial charge is 0.420 e. The molecule has 0 aliphatic rings. The lowest BCUT2D eigenvalue weighted by Gasteiger charge is -2.13. The fourth-order valence-corrected chi connectivity index (χ4v) is 3.44. The minimum Gasteiger partial charge on any atom is -0.454 e. The van der Waals surface area contributed by atoms with E-state index in [4.69, 9.17) is 9.15 Å². The Morgan fingerprint density at radius 3 is 2.52 bits per heavy atom. The molecule has 0 radical (unpaired) electrons. The van der Waals surface area contributed by atoms with E-state index in [0.29, 0.717) is 28.6 Å². The van der Waals surface area contributed by atoms with Gasteiger partial charge in [0.15, 0.2) is 12.2 Å². The highest BCUT2D eigenvalue weighted by Crippen LogP contribution is 2.18. The Hall–Kier alpha value is -4.28. The average molecular weight is 450 g/mol. The van der Waals surface area contributed by atoms with Gasteiger partial charge in [-0.3, -0.25) is 9.36 Å². The summed E-state index contributed by atoms with van der Waals surface area (Å²) in [6.07, 6.45) is 0. The predicted molar refractivity (Wildman–Crippen MR) is 118 cm³/mol. The van der Waals surface area contributed by atoms with Crippen LogP contribution >= 0.6 is 0 Å². The van der Waals surface area contributed by atoms with Gasteiger partial charge in [0.1, 0.15) is 11.9 Å². The number of hydrogen-bond donors (Lipinski definition) is 1. The molecule has 4 rings (SSSR count). The van der Waals surface area contributed by atoms with E-state index in [0.717, 1.165) is 11.4 Å². The number of aromatic nitrogens is 5. The Morgan fingerprint density at radius 1 is 1.09 bits per heavy atom.